The van der Waals surface area contributed by atoms with E-state index in [1.807, 2.05) is 0 Å². The molecule has 0 rings (SSSR count). The number of aliphatic carboxylic acids is 1. The summed E-state index contributed by atoms with van der Waals surface area (Å²) in [6, 6.07) is 0. The molecule has 0 aliphatic heterocycles. The quantitative estimate of drug-likeness (QED) is 0.468. The van der Waals surface area contributed by atoms with E-state index in [-0.39, 0.29) is 6.42 Å². The normalized spacial score (nSPS) is 9.91. The van der Waals surface area contributed by atoms with Gasteiger partial charge in [-0.1, -0.05) is 0 Å². The number of rotatable bonds is 7. The number of carbonyl (C=O) groups excluding carboxylic acids is 1. The molecule has 0 saturated carbocycles. The van der Waals surface area contributed by atoms with Gasteiger partial charge >= 0.3 is 75.7 Å². The van der Waals surface area contributed by atoms with Crippen LogP contribution in [0.2, 0.25) is 5.32 Å². The van der Waals surface area contributed by atoms with E-state index in [0.29, 0.717) is 0 Å². The van der Waals surface area contributed by atoms with E-state index in [0.717, 1.165) is 24.6 Å². The summed E-state index contributed by atoms with van der Waals surface area (Å²) in [7, 11) is 0. The van der Waals surface area contributed by atoms with Crippen LogP contribution in [0.4, 0.5) is 0 Å². The first-order valence-corrected chi connectivity index (χ1v) is 5.26. The van der Waals surface area contributed by atoms with E-state index in [1.54, 1.807) is 0 Å². The fourth-order valence-corrected chi connectivity index (χ4v) is 1.33. The molecule has 0 spiro atoms. The standard InChI is InChI=1S/C8H15O2Se/c9-8(10)6-4-2-1-3-5-7-11/h1-7H2,(H,9,10)/p-1. The Morgan fingerprint density at radius 2 is 1.64 bits per heavy atom. The monoisotopic (exact) mass is 222 g/mol. The minimum atomic E-state index is -0.922. The van der Waals surface area contributed by atoms with E-state index < -0.39 is 5.97 Å². The van der Waals surface area contributed by atoms with Crippen molar-refractivity contribution in [2.75, 3.05) is 0 Å². The molecule has 0 aromatic carbocycles. The SMILES string of the molecule is O=C([O-])CCCCCCC[Se]. The second kappa shape index (κ2) is 8.09. The fraction of sp³-hybridized carbons (Fsp3) is 0.875. The molecule has 0 N–H and O–H groups in total. The van der Waals surface area contributed by atoms with E-state index in [1.165, 1.54) is 12.8 Å². The zero-order chi connectivity index (χ0) is 8.53. The Morgan fingerprint density at radius 1 is 1.09 bits per heavy atom. The maximum absolute atomic E-state index is 9.97. The number of carbonyl (C=O) groups is 1. The Balaban J connectivity index is 2.85. The summed E-state index contributed by atoms with van der Waals surface area (Å²) in [5, 5.41) is 11.1. The van der Waals surface area contributed by atoms with Gasteiger partial charge in [0, 0.05) is 0 Å². The van der Waals surface area contributed by atoms with Crippen molar-refractivity contribution in [2.45, 2.75) is 43.8 Å². The third kappa shape index (κ3) is 9.99. The van der Waals surface area contributed by atoms with E-state index in [2.05, 4.69) is 16.0 Å². The van der Waals surface area contributed by atoms with Crippen molar-refractivity contribution in [2.24, 2.45) is 0 Å². The van der Waals surface area contributed by atoms with Crippen molar-refractivity contribution in [3.63, 3.8) is 0 Å². The van der Waals surface area contributed by atoms with Crippen LogP contribution in [-0.2, 0) is 4.79 Å². The van der Waals surface area contributed by atoms with Crippen molar-refractivity contribution in [3.8, 4) is 0 Å². The van der Waals surface area contributed by atoms with Crippen LogP contribution in [0.15, 0.2) is 0 Å². The van der Waals surface area contributed by atoms with Gasteiger partial charge in [-0.3, -0.25) is 0 Å². The molecule has 0 bridgehead atoms. The summed E-state index contributed by atoms with van der Waals surface area (Å²) in [6.07, 6.45) is 5.59. The molecule has 1 radical (unpaired) electrons. The molecule has 0 aliphatic carbocycles. The van der Waals surface area contributed by atoms with Gasteiger partial charge in [0.1, 0.15) is 0 Å². The van der Waals surface area contributed by atoms with Crippen LogP contribution in [0.25, 0.3) is 0 Å². The van der Waals surface area contributed by atoms with Crippen LogP contribution >= 0.6 is 0 Å². The average molecular weight is 221 g/mol. The number of hydrogen-bond acceptors (Lipinski definition) is 2. The maximum atomic E-state index is 9.97. The van der Waals surface area contributed by atoms with Gasteiger partial charge in [-0.2, -0.15) is 0 Å². The number of carboxylic acids is 1. The molecular weight excluding hydrogens is 207 g/mol. The number of hydrogen-bond donors (Lipinski definition) is 0. The zero-order valence-electron chi connectivity index (χ0n) is 6.67. The third-order valence-electron chi connectivity index (χ3n) is 1.53. The zero-order valence-corrected chi connectivity index (χ0v) is 8.39. The molecule has 65 valence electrons. The molecule has 3 heteroatoms. The summed E-state index contributed by atoms with van der Waals surface area (Å²) in [4.78, 5) is 9.97. The summed E-state index contributed by atoms with van der Waals surface area (Å²) >= 11 is 2.95. The summed E-state index contributed by atoms with van der Waals surface area (Å²) < 4.78 is 0. The van der Waals surface area contributed by atoms with Gasteiger partial charge in [0.25, 0.3) is 0 Å². The molecule has 0 aliphatic rings. The van der Waals surface area contributed by atoms with E-state index >= 15 is 0 Å². The molecule has 2 nitrogen and oxygen atoms in total. The Kier molecular flexibility index (Phi) is 8.08. The molecule has 0 aromatic rings. The topological polar surface area (TPSA) is 40.1 Å². The first-order chi connectivity index (χ1) is 5.27. The molecule has 0 unspecified atom stereocenters. The first kappa shape index (κ1) is 11.0. The molecule has 0 atom stereocenters. The van der Waals surface area contributed by atoms with Crippen molar-refractivity contribution >= 4 is 22.0 Å². The van der Waals surface area contributed by atoms with Gasteiger partial charge in [-0.15, -0.1) is 0 Å². The molecule has 0 amide bonds. The average Bonchev–Trinajstić information content (AvgIpc) is 1.96. The van der Waals surface area contributed by atoms with Crippen LogP contribution < -0.4 is 5.11 Å². The van der Waals surface area contributed by atoms with Crippen LogP contribution in [-0.4, -0.2) is 22.0 Å². The predicted molar refractivity (Wildman–Crippen MR) is 43.3 cm³/mol. The Labute approximate surface area is 76.2 Å². The van der Waals surface area contributed by atoms with Crippen molar-refractivity contribution in [1.29, 1.82) is 0 Å². The second-order valence-corrected chi connectivity index (χ2v) is 3.45. The summed E-state index contributed by atoms with van der Waals surface area (Å²) in [5.74, 6) is -0.922. The van der Waals surface area contributed by atoms with E-state index in [4.69, 9.17) is 0 Å². The van der Waals surface area contributed by atoms with Crippen LogP contribution in [0.5, 0.6) is 0 Å². The van der Waals surface area contributed by atoms with Gasteiger partial charge in [0.05, 0.1) is 0 Å². The first-order valence-electron chi connectivity index (χ1n) is 4.05. The molecule has 0 heterocycles. The van der Waals surface area contributed by atoms with Crippen molar-refractivity contribution < 1.29 is 9.90 Å². The number of carboxylic acid groups (broad SMARTS) is 1. The van der Waals surface area contributed by atoms with E-state index in [9.17, 15) is 9.90 Å². The second-order valence-electron chi connectivity index (χ2n) is 2.59. The summed E-state index contributed by atoms with van der Waals surface area (Å²) in [5.41, 5.74) is 0. The molecule has 0 aromatic heterocycles. The van der Waals surface area contributed by atoms with Crippen molar-refractivity contribution in [1.82, 2.24) is 0 Å². The minimum absolute atomic E-state index is 0.220. The van der Waals surface area contributed by atoms with Gasteiger partial charge in [0.15, 0.2) is 0 Å². The Hall–Kier alpha value is -0.0105. The van der Waals surface area contributed by atoms with Crippen molar-refractivity contribution in [3.05, 3.63) is 0 Å². The molecule has 0 saturated heterocycles. The Morgan fingerprint density at radius 3 is 2.18 bits per heavy atom. The van der Waals surface area contributed by atoms with Gasteiger partial charge in [-0.05, 0) is 0 Å². The van der Waals surface area contributed by atoms with Gasteiger partial charge in [-0.25, -0.2) is 0 Å². The van der Waals surface area contributed by atoms with Crippen LogP contribution in [0.3, 0.4) is 0 Å². The van der Waals surface area contributed by atoms with Gasteiger partial charge < -0.3 is 0 Å². The fourth-order valence-electron chi connectivity index (χ4n) is 0.902. The Bertz CT molecular complexity index is 104. The van der Waals surface area contributed by atoms with Gasteiger partial charge in [0.2, 0.25) is 0 Å². The summed E-state index contributed by atoms with van der Waals surface area (Å²) in [6.45, 7) is 0. The predicted octanol–water partition coefficient (Wildman–Crippen LogP) is 0.664. The molecular formula is C8H14O2Se-. The van der Waals surface area contributed by atoms with Crippen LogP contribution in [0.1, 0.15) is 38.5 Å². The third-order valence-corrected chi connectivity index (χ3v) is 2.13. The number of unbranched alkanes of at least 4 members (excludes halogenated alkanes) is 4. The van der Waals surface area contributed by atoms with Crippen LogP contribution in [0, 0.1) is 0 Å². The molecule has 11 heavy (non-hydrogen) atoms. The molecule has 0 fully saturated rings.